The largest absolute Gasteiger partial charge is 0.454 e. The number of carbonyl (C=O) groups is 2. The lowest BCUT2D eigenvalue weighted by Gasteiger charge is -2.10. The summed E-state index contributed by atoms with van der Waals surface area (Å²) in [5, 5.41) is 5.63. The van der Waals surface area contributed by atoms with Gasteiger partial charge in [0.15, 0.2) is 6.61 Å². The summed E-state index contributed by atoms with van der Waals surface area (Å²) >= 11 is 6.04. The molecule has 0 saturated heterocycles. The van der Waals surface area contributed by atoms with E-state index in [0.717, 1.165) is 5.69 Å². The van der Waals surface area contributed by atoms with E-state index in [1.807, 2.05) is 6.92 Å². The molecule has 166 valence electrons. The molecule has 0 aliphatic heterocycles. The predicted octanol–water partition coefficient (Wildman–Crippen LogP) is 3.83. The van der Waals surface area contributed by atoms with E-state index in [4.69, 9.17) is 21.5 Å². The number of aromatic nitrogens is 1. The molecule has 0 radical (unpaired) electrons. The minimum Gasteiger partial charge on any atom is -0.454 e. The fraction of sp³-hybridized carbons (Fsp3) is 0.130. The smallest absolute Gasteiger partial charge is 0.331 e. The molecule has 0 bridgehead atoms. The fourth-order valence-corrected chi connectivity index (χ4v) is 3.97. The van der Waals surface area contributed by atoms with Crippen LogP contribution in [0, 0.1) is 13.8 Å². The van der Waals surface area contributed by atoms with Crippen molar-refractivity contribution in [3.8, 4) is 5.69 Å². The highest BCUT2D eigenvalue weighted by Crippen LogP contribution is 2.22. The van der Waals surface area contributed by atoms with E-state index in [-0.39, 0.29) is 10.7 Å². The number of sulfonamides is 1. The van der Waals surface area contributed by atoms with Crippen molar-refractivity contribution in [2.45, 2.75) is 18.7 Å². The van der Waals surface area contributed by atoms with E-state index in [9.17, 15) is 18.0 Å². The lowest BCUT2D eigenvalue weighted by molar-refractivity contribution is -0.136. The number of rotatable bonds is 7. The van der Waals surface area contributed by atoms with Crippen molar-refractivity contribution in [3.63, 3.8) is 0 Å². The molecule has 7 nitrogen and oxygen atoms in total. The Morgan fingerprint density at radius 1 is 1.09 bits per heavy atom. The van der Waals surface area contributed by atoms with Crippen LogP contribution in [0.15, 0.2) is 65.6 Å². The SMILES string of the molecule is Cc1cc(C(=O)COC(=O)/C=C/c2ccccc2Cl)c(C)n1-c1ccc(S(N)(=O)=O)cc1. The number of carbonyl (C=O) groups excluding carboxylic acids is 2. The minimum absolute atomic E-state index is 0.00299. The van der Waals surface area contributed by atoms with E-state index >= 15 is 0 Å². The Labute approximate surface area is 191 Å². The number of hydrogen-bond donors (Lipinski definition) is 1. The average Bonchev–Trinajstić information content (AvgIpc) is 3.05. The highest BCUT2D eigenvalue weighted by atomic mass is 35.5. The number of Topliss-reactive ketones (excluding diaryl/α,β-unsaturated/α-hetero) is 1. The van der Waals surface area contributed by atoms with Crippen LogP contribution in [0.2, 0.25) is 5.02 Å². The van der Waals surface area contributed by atoms with Crippen LogP contribution in [-0.4, -0.2) is 31.3 Å². The molecule has 9 heteroatoms. The molecule has 0 fully saturated rings. The fourth-order valence-electron chi connectivity index (χ4n) is 3.26. The Morgan fingerprint density at radius 2 is 1.75 bits per heavy atom. The second kappa shape index (κ2) is 9.52. The van der Waals surface area contributed by atoms with Gasteiger partial charge in [-0.15, -0.1) is 0 Å². The lowest BCUT2D eigenvalue weighted by atomic mass is 10.1. The summed E-state index contributed by atoms with van der Waals surface area (Å²) in [5.41, 5.74) is 3.14. The quantitative estimate of drug-likeness (QED) is 0.319. The van der Waals surface area contributed by atoms with Crippen molar-refractivity contribution in [1.82, 2.24) is 4.57 Å². The number of ketones is 1. The Kier molecular flexibility index (Phi) is 6.98. The summed E-state index contributed by atoms with van der Waals surface area (Å²) in [6, 6.07) is 14.7. The summed E-state index contributed by atoms with van der Waals surface area (Å²) in [4.78, 5) is 24.6. The monoisotopic (exact) mass is 472 g/mol. The molecular formula is C23H21ClN2O5S. The molecule has 0 amide bonds. The molecule has 0 aliphatic carbocycles. The number of ether oxygens (including phenoxy) is 1. The molecule has 32 heavy (non-hydrogen) atoms. The highest BCUT2D eigenvalue weighted by molar-refractivity contribution is 7.89. The maximum atomic E-state index is 12.6. The topological polar surface area (TPSA) is 108 Å². The number of aryl methyl sites for hydroxylation is 1. The van der Waals surface area contributed by atoms with Crippen LogP contribution in [0.3, 0.4) is 0 Å². The van der Waals surface area contributed by atoms with Gasteiger partial charge in [-0.2, -0.15) is 0 Å². The van der Waals surface area contributed by atoms with Gasteiger partial charge in [-0.3, -0.25) is 4.79 Å². The minimum atomic E-state index is -3.80. The van der Waals surface area contributed by atoms with Crippen LogP contribution >= 0.6 is 11.6 Å². The summed E-state index contributed by atoms with van der Waals surface area (Å²) in [7, 11) is -3.80. The number of hydrogen-bond acceptors (Lipinski definition) is 5. The van der Waals surface area contributed by atoms with Gasteiger partial charge in [0, 0.05) is 33.7 Å². The first kappa shape index (κ1) is 23.5. The van der Waals surface area contributed by atoms with Crippen LogP contribution in [0.4, 0.5) is 0 Å². The molecule has 1 aromatic heterocycles. The maximum absolute atomic E-state index is 12.6. The van der Waals surface area contributed by atoms with Crippen molar-refractivity contribution in [2.75, 3.05) is 6.61 Å². The lowest BCUT2D eigenvalue weighted by Crippen LogP contribution is -2.13. The van der Waals surface area contributed by atoms with E-state index in [2.05, 4.69) is 0 Å². The third-order valence-corrected chi connectivity index (χ3v) is 6.08. The zero-order valence-electron chi connectivity index (χ0n) is 17.4. The Bertz CT molecular complexity index is 1310. The first-order chi connectivity index (χ1) is 15.1. The molecule has 0 unspecified atom stereocenters. The van der Waals surface area contributed by atoms with Crippen molar-refractivity contribution in [2.24, 2.45) is 5.14 Å². The third kappa shape index (κ3) is 5.34. The van der Waals surface area contributed by atoms with E-state index in [1.165, 1.54) is 24.3 Å². The summed E-state index contributed by atoms with van der Waals surface area (Å²) in [6.07, 6.45) is 2.73. The van der Waals surface area contributed by atoms with Crippen molar-refractivity contribution < 1.29 is 22.7 Å². The first-order valence-corrected chi connectivity index (χ1v) is 11.4. The van der Waals surface area contributed by atoms with Crippen LogP contribution < -0.4 is 5.14 Å². The molecular weight excluding hydrogens is 452 g/mol. The third-order valence-electron chi connectivity index (χ3n) is 4.80. The number of benzene rings is 2. The van der Waals surface area contributed by atoms with Gasteiger partial charge in [0.2, 0.25) is 15.8 Å². The second-order valence-corrected chi connectivity index (χ2v) is 9.01. The number of nitrogens with two attached hydrogens (primary N) is 1. The molecule has 0 atom stereocenters. The van der Waals surface area contributed by atoms with Crippen LogP contribution in [0.25, 0.3) is 11.8 Å². The van der Waals surface area contributed by atoms with Gasteiger partial charge < -0.3 is 9.30 Å². The van der Waals surface area contributed by atoms with Gasteiger partial charge in [0.25, 0.3) is 0 Å². The Hall–Kier alpha value is -3.20. The molecule has 3 rings (SSSR count). The average molecular weight is 473 g/mol. The predicted molar refractivity (Wildman–Crippen MR) is 122 cm³/mol. The van der Waals surface area contributed by atoms with Gasteiger partial charge >= 0.3 is 5.97 Å². The zero-order chi connectivity index (χ0) is 23.5. The second-order valence-electron chi connectivity index (χ2n) is 7.04. The van der Waals surface area contributed by atoms with E-state index < -0.39 is 22.6 Å². The van der Waals surface area contributed by atoms with Gasteiger partial charge in [-0.1, -0.05) is 29.8 Å². The standard InChI is InChI=1S/C23H21ClN2O5S/c1-15-13-20(16(2)26(15)18-8-10-19(11-9-18)32(25,29)30)22(27)14-31-23(28)12-7-17-5-3-4-6-21(17)24/h3-13H,14H2,1-2H3,(H2,25,29,30)/b12-7+. The van der Waals surface area contributed by atoms with Gasteiger partial charge in [0.1, 0.15) is 0 Å². The molecule has 0 aliphatic rings. The van der Waals surface area contributed by atoms with Crippen LogP contribution in [-0.2, 0) is 19.6 Å². The van der Waals surface area contributed by atoms with E-state index in [0.29, 0.717) is 27.5 Å². The van der Waals surface area contributed by atoms with Crippen molar-refractivity contribution in [3.05, 3.63) is 88.2 Å². The number of nitrogens with zero attached hydrogens (tertiary/aromatic N) is 1. The number of halogens is 1. The highest BCUT2D eigenvalue weighted by Gasteiger charge is 2.18. The van der Waals surface area contributed by atoms with Crippen molar-refractivity contribution >= 4 is 39.5 Å². The maximum Gasteiger partial charge on any atom is 0.331 e. The molecule has 0 saturated carbocycles. The van der Waals surface area contributed by atoms with Gasteiger partial charge in [-0.05, 0) is 61.9 Å². The molecule has 3 aromatic rings. The Morgan fingerprint density at radius 3 is 2.38 bits per heavy atom. The first-order valence-electron chi connectivity index (χ1n) is 9.52. The molecule has 0 spiro atoms. The zero-order valence-corrected chi connectivity index (χ0v) is 19.0. The normalized spacial score (nSPS) is 11.6. The number of esters is 1. The van der Waals surface area contributed by atoms with Crippen LogP contribution in [0.1, 0.15) is 27.3 Å². The van der Waals surface area contributed by atoms with Gasteiger partial charge in [0.05, 0.1) is 4.90 Å². The number of primary sulfonamides is 1. The summed E-state index contributed by atoms with van der Waals surface area (Å²) in [5.74, 6) is -1.02. The molecule has 2 N–H and O–H groups in total. The summed E-state index contributed by atoms with van der Waals surface area (Å²) in [6.45, 7) is 3.16. The van der Waals surface area contributed by atoms with E-state index in [1.54, 1.807) is 54.0 Å². The molecule has 1 heterocycles. The van der Waals surface area contributed by atoms with Gasteiger partial charge in [-0.25, -0.2) is 18.4 Å². The van der Waals surface area contributed by atoms with Crippen molar-refractivity contribution in [1.29, 1.82) is 0 Å². The van der Waals surface area contributed by atoms with Crippen LogP contribution in [0.5, 0.6) is 0 Å². The Balaban J connectivity index is 1.72. The summed E-state index contributed by atoms with van der Waals surface area (Å²) < 4.78 is 29.8. The molecule has 2 aromatic carbocycles.